The van der Waals surface area contributed by atoms with Gasteiger partial charge >= 0.3 is 6.03 Å². The molecule has 3 heterocycles. The zero-order chi connectivity index (χ0) is 24.4. The maximum absolute atomic E-state index is 16.4. The van der Waals surface area contributed by atoms with Gasteiger partial charge < -0.3 is 10.6 Å². The summed E-state index contributed by atoms with van der Waals surface area (Å²) in [5.41, 5.74) is 0.839. The van der Waals surface area contributed by atoms with E-state index in [9.17, 15) is 9.18 Å². The molecule has 182 valence electrons. The molecular formula is C25H36F2N4OS. The van der Waals surface area contributed by atoms with Crippen molar-refractivity contribution in [1.82, 2.24) is 20.5 Å². The van der Waals surface area contributed by atoms with Crippen molar-refractivity contribution in [3.8, 4) is 0 Å². The summed E-state index contributed by atoms with van der Waals surface area (Å²) >= 11 is 1.10. The monoisotopic (exact) mass is 478 g/mol. The highest BCUT2D eigenvalue weighted by Gasteiger charge is 2.55. The Balaban J connectivity index is 1.87. The first-order chi connectivity index (χ1) is 15.3. The fourth-order valence-electron chi connectivity index (χ4n) is 4.68. The predicted octanol–water partition coefficient (Wildman–Crippen LogP) is 5.54. The van der Waals surface area contributed by atoms with E-state index in [0.29, 0.717) is 32.4 Å². The Morgan fingerprint density at radius 3 is 2.58 bits per heavy atom. The fourth-order valence-corrected chi connectivity index (χ4v) is 5.40. The standard InChI is InChI=1S/C25H36F2N4OS/c1-17(2)29-22(32)30-24(6,27)25(12-11-20-9-10-21(26)33-20)13-14-31(16-25)23(4,5)19-8-7-18(3)28-15-19/h7-10,15,17H,11-14,16H2,1-6H3,(H2,29,30,32). The number of carbonyl (C=O) groups excluding carboxylic acids is 1. The van der Waals surface area contributed by atoms with E-state index in [0.717, 1.165) is 27.5 Å². The number of aryl methyl sites for hydroxylation is 2. The van der Waals surface area contributed by atoms with Crippen LogP contribution in [0.5, 0.6) is 0 Å². The van der Waals surface area contributed by atoms with Crippen LogP contribution in [0.2, 0.25) is 0 Å². The first-order valence-electron chi connectivity index (χ1n) is 11.5. The van der Waals surface area contributed by atoms with E-state index in [1.54, 1.807) is 6.07 Å². The summed E-state index contributed by atoms with van der Waals surface area (Å²) in [5.74, 6) is -1.95. The number of carbonyl (C=O) groups is 1. The summed E-state index contributed by atoms with van der Waals surface area (Å²) in [7, 11) is 0. The molecule has 1 aliphatic rings. The lowest BCUT2D eigenvalue weighted by atomic mass is 9.74. The van der Waals surface area contributed by atoms with Crippen molar-refractivity contribution in [3.05, 3.63) is 51.7 Å². The number of thiophene rings is 1. The van der Waals surface area contributed by atoms with Crippen molar-refractivity contribution < 1.29 is 13.6 Å². The van der Waals surface area contributed by atoms with Gasteiger partial charge in [-0.1, -0.05) is 6.07 Å². The Kier molecular flexibility index (Phi) is 7.49. The highest BCUT2D eigenvalue weighted by Crippen LogP contribution is 2.48. The average molecular weight is 479 g/mol. The molecular weight excluding hydrogens is 442 g/mol. The highest BCUT2D eigenvalue weighted by molar-refractivity contribution is 7.10. The maximum Gasteiger partial charge on any atom is 0.317 e. The quantitative estimate of drug-likeness (QED) is 0.490. The molecule has 5 nitrogen and oxygen atoms in total. The molecule has 2 aromatic rings. The molecule has 0 aromatic carbocycles. The third kappa shape index (κ3) is 5.72. The number of hydrogen-bond donors (Lipinski definition) is 2. The van der Waals surface area contributed by atoms with Gasteiger partial charge in [0.15, 0.2) is 10.9 Å². The minimum absolute atomic E-state index is 0.0982. The van der Waals surface area contributed by atoms with Gasteiger partial charge in [-0.3, -0.25) is 9.88 Å². The molecule has 0 spiro atoms. The second-order valence-corrected chi connectivity index (χ2v) is 11.3. The Morgan fingerprint density at radius 2 is 2.00 bits per heavy atom. The molecule has 1 aliphatic heterocycles. The van der Waals surface area contributed by atoms with E-state index < -0.39 is 17.2 Å². The van der Waals surface area contributed by atoms with Crippen molar-refractivity contribution in [2.75, 3.05) is 13.1 Å². The van der Waals surface area contributed by atoms with Crippen molar-refractivity contribution in [1.29, 1.82) is 0 Å². The van der Waals surface area contributed by atoms with E-state index >= 15 is 4.39 Å². The molecule has 2 N–H and O–H groups in total. The minimum Gasteiger partial charge on any atom is -0.336 e. The lowest BCUT2D eigenvalue weighted by Gasteiger charge is -2.43. The number of aromatic nitrogens is 1. The number of amides is 2. The number of likely N-dealkylation sites (tertiary alicyclic amines) is 1. The Bertz CT molecular complexity index is 958. The summed E-state index contributed by atoms with van der Waals surface area (Å²) in [5, 5.41) is 5.10. The highest BCUT2D eigenvalue weighted by atomic mass is 32.1. The molecule has 8 heteroatoms. The van der Waals surface area contributed by atoms with Crippen molar-refractivity contribution in [2.45, 2.75) is 78.2 Å². The smallest absolute Gasteiger partial charge is 0.317 e. The van der Waals surface area contributed by atoms with Crippen LogP contribution in [0.4, 0.5) is 13.6 Å². The largest absolute Gasteiger partial charge is 0.336 e. The van der Waals surface area contributed by atoms with E-state index in [2.05, 4.69) is 40.4 Å². The molecule has 0 aliphatic carbocycles. The van der Waals surface area contributed by atoms with Crippen molar-refractivity contribution in [3.63, 3.8) is 0 Å². The van der Waals surface area contributed by atoms with E-state index in [1.165, 1.54) is 13.0 Å². The van der Waals surface area contributed by atoms with Gasteiger partial charge in [0, 0.05) is 40.3 Å². The number of pyridine rings is 1. The van der Waals surface area contributed by atoms with E-state index in [-0.39, 0.29) is 16.7 Å². The number of nitrogens with zero attached hydrogens (tertiary/aromatic N) is 2. The number of alkyl halides is 1. The molecule has 1 saturated heterocycles. The topological polar surface area (TPSA) is 57.3 Å². The normalized spacial score (nSPS) is 21.2. The van der Waals surface area contributed by atoms with E-state index in [4.69, 9.17) is 0 Å². The van der Waals surface area contributed by atoms with Crippen LogP contribution >= 0.6 is 11.3 Å². The molecule has 0 bridgehead atoms. The summed E-state index contributed by atoms with van der Waals surface area (Å²) < 4.78 is 29.9. The van der Waals surface area contributed by atoms with Gasteiger partial charge in [0.25, 0.3) is 0 Å². The maximum atomic E-state index is 16.4. The molecule has 2 amide bonds. The summed E-state index contributed by atoms with van der Waals surface area (Å²) in [6.45, 7) is 12.5. The minimum atomic E-state index is -1.95. The molecule has 3 rings (SSSR count). The summed E-state index contributed by atoms with van der Waals surface area (Å²) in [6.07, 6.45) is 3.52. The van der Waals surface area contributed by atoms with Crippen LogP contribution in [0.1, 0.15) is 63.6 Å². The second-order valence-electron chi connectivity index (χ2n) is 10.2. The van der Waals surface area contributed by atoms with Crippen LogP contribution in [0.3, 0.4) is 0 Å². The van der Waals surface area contributed by atoms with Crippen LogP contribution in [-0.4, -0.2) is 40.8 Å². The molecule has 33 heavy (non-hydrogen) atoms. The Labute approximate surface area is 200 Å². The molecule has 0 saturated carbocycles. The lowest BCUT2D eigenvalue weighted by molar-refractivity contribution is -0.0215. The third-order valence-corrected chi connectivity index (χ3v) is 7.94. The van der Waals surface area contributed by atoms with Crippen LogP contribution in [0, 0.1) is 17.5 Å². The lowest BCUT2D eigenvalue weighted by Crippen LogP contribution is -2.59. The SMILES string of the molecule is Cc1ccc(C(C)(C)N2CCC(CCc3ccc(F)s3)(C(C)(F)NC(=O)NC(C)C)C2)cn1. The van der Waals surface area contributed by atoms with Gasteiger partial charge in [0.1, 0.15) is 0 Å². The second kappa shape index (κ2) is 9.66. The zero-order valence-corrected chi connectivity index (χ0v) is 21.3. The van der Waals surface area contributed by atoms with Gasteiger partial charge in [-0.2, -0.15) is 4.39 Å². The number of halogens is 2. The van der Waals surface area contributed by atoms with Crippen LogP contribution in [0.25, 0.3) is 0 Å². The van der Waals surface area contributed by atoms with Crippen molar-refractivity contribution in [2.24, 2.45) is 5.41 Å². The van der Waals surface area contributed by atoms with Gasteiger partial charge in [0.2, 0.25) is 0 Å². The first kappa shape index (κ1) is 25.6. The Morgan fingerprint density at radius 1 is 1.27 bits per heavy atom. The number of nitrogens with one attached hydrogen (secondary N) is 2. The van der Waals surface area contributed by atoms with Gasteiger partial charge in [-0.15, -0.1) is 11.3 Å². The van der Waals surface area contributed by atoms with Crippen molar-refractivity contribution >= 4 is 17.4 Å². The van der Waals surface area contributed by atoms with Crippen LogP contribution in [0.15, 0.2) is 30.5 Å². The molecule has 1 fully saturated rings. The zero-order valence-electron chi connectivity index (χ0n) is 20.5. The van der Waals surface area contributed by atoms with Gasteiger partial charge in [0.05, 0.1) is 0 Å². The third-order valence-electron chi connectivity index (χ3n) is 7.00. The van der Waals surface area contributed by atoms with Crippen LogP contribution in [-0.2, 0) is 12.0 Å². The number of rotatable bonds is 8. The Hall–Kier alpha value is -2.06. The summed E-state index contributed by atoms with van der Waals surface area (Å²) in [6, 6.07) is 6.65. The van der Waals surface area contributed by atoms with Gasteiger partial charge in [-0.05, 0) is 91.1 Å². The molecule has 2 unspecified atom stereocenters. The van der Waals surface area contributed by atoms with Gasteiger partial charge in [-0.25, -0.2) is 9.18 Å². The number of urea groups is 1. The fraction of sp³-hybridized carbons (Fsp3) is 0.600. The first-order valence-corrected chi connectivity index (χ1v) is 12.4. The average Bonchev–Trinajstić information content (AvgIpc) is 3.33. The molecule has 2 aromatic heterocycles. The summed E-state index contributed by atoms with van der Waals surface area (Å²) in [4.78, 5) is 20.0. The predicted molar refractivity (Wildman–Crippen MR) is 130 cm³/mol. The number of hydrogen-bond acceptors (Lipinski definition) is 4. The van der Waals surface area contributed by atoms with E-state index in [1.807, 2.05) is 33.0 Å². The molecule has 0 radical (unpaired) electrons. The molecule has 2 atom stereocenters. The van der Waals surface area contributed by atoms with Crippen LogP contribution < -0.4 is 10.6 Å².